The second kappa shape index (κ2) is 5.63. The van der Waals surface area contributed by atoms with Gasteiger partial charge in [-0.05, 0) is 20.8 Å². The first kappa shape index (κ1) is 15.7. The topological polar surface area (TPSA) is 88.3 Å². The highest BCUT2D eigenvalue weighted by Gasteiger charge is 2.46. The maximum Gasteiger partial charge on any atom is 0.330 e. The molecule has 0 aromatic carbocycles. The van der Waals surface area contributed by atoms with Gasteiger partial charge in [-0.25, -0.2) is 9.69 Å². The van der Waals surface area contributed by atoms with Gasteiger partial charge in [0.2, 0.25) is 0 Å². The monoisotopic (exact) mass is 299 g/mol. The highest BCUT2D eigenvalue weighted by atomic mass is 16.5. The normalized spacial score (nSPS) is 23.2. The third-order valence-electron chi connectivity index (χ3n) is 3.59. The second-order valence-corrected chi connectivity index (χ2v) is 5.29. The van der Waals surface area contributed by atoms with Crippen LogP contribution in [0.3, 0.4) is 0 Å². The first-order valence-electron chi connectivity index (χ1n) is 6.71. The van der Waals surface area contributed by atoms with Gasteiger partial charge in [0.1, 0.15) is 5.60 Å². The Labute approximate surface area is 123 Å². The lowest BCUT2D eigenvalue weighted by molar-refractivity contribution is -0.0688. The molecular weight excluding hydrogens is 278 g/mol. The zero-order valence-electron chi connectivity index (χ0n) is 12.9. The molecule has 1 N–H and O–H groups in total. The zero-order chi connectivity index (χ0) is 15.8. The number of carbonyl (C=O) groups is 1. The maximum absolute atomic E-state index is 12.2. The number of aromatic nitrogens is 1. The number of aliphatic hydroxyl groups excluding tert-OH is 1. The molecule has 2 heterocycles. The van der Waals surface area contributed by atoms with Crippen molar-refractivity contribution in [2.45, 2.75) is 38.8 Å². The fourth-order valence-corrected chi connectivity index (χ4v) is 2.09. The minimum absolute atomic E-state index is 0.224. The molecule has 1 aliphatic heterocycles. The Balaban J connectivity index is 2.28. The number of urea groups is 1. The van der Waals surface area contributed by atoms with Crippen LogP contribution in [0, 0.1) is 0 Å². The second-order valence-electron chi connectivity index (χ2n) is 5.29. The molecule has 1 saturated heterocycles. The molecule has 118 valence electrons. The van der Waals surface area contributed by atoms with Crippen molar-refractivity contribution in [3.63, 3.8) is 0 Å². The van der Waals surface area contributed by atoms with E-state index in [2.05, 4.69) is 5.16 Å². The summed E-state index contributed by atoms with van der Waals surface area (Å²) in [6, 6.07) is 1.17. The lowest BCUT2D eigenvalue weighted by Crippen LogP contribution is -2.38. The quantitative estimate of drug-likeness (QED) is 0.876. The maximum atomic E-state index is 12.2. The predicted octanol–water partition coefficient (Wildman–Crippen LogP) is 1.11. The predicted molar refractivity (Wildman–Crippen MR) is 73.6 cm³/mol. The number of amides is 2. The van der Waals surface area contributed by atoms with Gasteiger partial charge in [-0.3, -0.25) is 4.90 Å². The molecule has 1 fully saturated rings. The Morgan fingerprint density at radius 1 is 1.52 bits per heavy atom. The van der Waals surface area contributed by atoms with Crippen LogP contribution in [0.15, 0.2) is 10.6 Å². The van der Waals surface area contributed by atoms with Crippen LogP contribution in [0.1, 0.15) is 26.5 Å². The van der Waals surface area contributed by atoms with Gasteiger partial charge in [-0.2, -0.15) is 0 Å². The van der Waals surface area contributed by atoms with Crippen molar-refractivity contribution in [1.29, 1.82) is 0 Å². The number of carbonyl (C=O) groups excluding carboxylic acids is 1. The van der Waals surface area contributed by atoms with Gasteiger partial charge in [0.05, 0.1) is 0 Å². The number of hydrogen-bond acceptors (Lipinski definition) is 6. The van der Waals surface area contributed by atoms with Crippen molar-refractivity contribution in [3.05, 3.63) is 11.8 Å². The van der Waals surface area contributed by atoms with E-state index in [1.54, 1.807) is 27.1 Å². The molecule has 1 aromatic heterocycles. The number of likely N-dealkylation sites (N-methyl/N-ethyl adjacent to an activating group) is 1. The standard InChI is InChI=1S/C13H21N3O5/c1-6-20-11-10(17)16(12(18)15(11)4)9-7-8(21-14-9)13(2,3)19-5/h7,10-11,17H,6H2,1-5H3. The largest absolute Gasteiger partial charge is 0.371 e. The van der Waals surface area contributed by atoms with Crippen molar-refractivity contribution in [2.75, 3.05) is 25.7 Å². The van der Waals surface area contributed by atoms with Crippen molar-refractivity contribution < 1.29 is 23.9 Å². The number of aliphatic hydroxyl groups is 1. The van der Waals surface area contributed by atoms with Gasteiger partial charge < -0.3 is 19.1 Å². The minimum atomic E-state index is -1.15. The van der Waals surface area contributed by atoms with Crippen LogP contribution in [0.5, 0.6) is 0 Å². The number of rotatable bonds is 5. The van der Waals surface area contributed by atoms with Crippen LogP contribution in [-0.4, -0.2) is 54.4 Å². The SMILES string of the molecule is CCOC1C(O)N(c2cc(C(C)(C)OC)on2)C(=O)N1C. The van der Waals surface area contributed by atoms with E-state index >= 15 is 0 Å². The van der Waals surface area contributed by atoms with Gasteiger partial charge in [-0.15, -0.1) is 0 Å². The lowest BCUT2D eigenvalue weighted by Gasteiger charge is -2.20. The van der Waals surface area contributed by atoms with Crippen LogP contribution in [-0.2, 0) is 15.1 Å². The Bertz CT molecular complexity index is 516. The van der Waals surface area contributed by atoms with E-state index < -0.39 is 24.1 Å². The van der Waals surface area contributed by atoms with Gasteiger partial charge in [-0.1, -0.05) is 5.16 Å². The first-order chi connectivity index (χ1) is 9.83. The van der Waals surface area contributed by atoms with Crippen molar-refractivity contribution in [2.24, 2.45) is 0 Å². The number of ether oxygens (including phenoxy) is 2. The van der Waals surface area contributed by atoms with Crippen LogP contribution < -0.4 is 4.90 Å². The highest BCUT2D eigenvalue weighted by Crippen LogP contribution is 2.31. The fourth-order valence-electron chi connectivity index (χ4n) is 2.09. The minimum Gasteiger partial charge on any atom is -0.371 e. The Hall–Kier alpha value is -1.64. The summed E-state index contributed by atoms with van der Waals surface area (Å²) in [6.07, 6.45) is -1.89. The first-order valence-corrected chi connectivity index (χ1v) is 6.71. The van der Waals surface area contributed by atoms with Crippen molar-refractivity contribution in [3.8, 4) is 0 Å². The molecule has 1 aromatic rings. The third kappa shape index (κ3) is 2.61. The molecule has 0 bridgehead atoms. The summed E-state index contributed by atoms with van der Waals surface area (Å²) in [5.74, 6) is 0.684. The molecule has 1 aliphatic rings. The van der Waals surface area contributed by atoms with Crippen molar-refractivity contribution in [1.82, 2.24) is 10.1 Å². The summed E-state index contributed by atoms with van der Waals surface area (Å²) < 4.78 is 15.9. The Morgan fingerprint density at radius 3 is 2.76 bits per heavy atom. The van der Waals surface area contributed by atoms with E-state index in [0.29, 0.717) is 12.4 Å². The molecule has 0 spiro atoms. The number of nitrogens with zero attached hydrogens (tertiary/aromatic N) is 3. The molecule has 2 amide bonds. The average molecular weight is 299 g/mol. The molecule has 2 atom stereocenters. The molecule has 0 saturated carbocycles. The van der Waals surface area contributed by atoms with E-state index in [9.17, 15) is 9.90 Å². The summed E-state index contributed by atoms with van der Waals surface area (Å²) in [5, 5.41) is 14.1. The summed E-state index contributed by atoms with van der Waals surface area (Å²) in [7, 11) is 3.11. The summed E-state index contributed by atoms with van der Waals surface area (Å²) >= 11 is 0. The van der Waals surface area contributed by atoms with E-state index in [0.717, 1.165) is 4.90 Å². The van der Waals surface area contributed by atoms with E-state index in [4.69, 9.17) is 14.0 Å². The molecule has 0 aliphatic carbocycles. The van der Waals surface area contributed by atoms with Gasteiger partial charge in [0.25, 0.3) is 0 Å². The Morgan fingerprint density at radius 2 is 2.19 bits per heavy atom. The summed E-state index contributed by atoms with van der Waals surface area (Å²) in [5.41, 5.74) is -0.676. The van der Waals surface area contributed by atoms with Crippen LogP contribution in [0.2, 0.25) is 0 Å². The molecule has 0 radical (unpaired) electrons. The molecule has 8 heteroatoms. The van der Waals surface area contributed by atoms with E-state index in [1.807, 2.05) is 13.8 Å². The average Bonchev–Trinajstić information content (AvgIpc) is 3.00. The molecular formula is C13H21N3O5. The van der Waals surface area contributed by atoms with Gasteiger partial charge in [0.15, 0.2) is 24.0 Å². The van der Waals surface area contributed by atoms with Crippen LogP contribution >= 0.6 is 0 Å². The highest BCUT2D eigenvalue weighted by molar-refractivity contribution is 5.93. The molecule has 8 nitrogen and oxygen atoms in total. The number of anilines is 1. The lowest BCUT2D eigenvalue weighted by atomic mass is 10.1. The number of hydrogen-bond donors (Lipinski definition) is 1. The van der Waals surface area contributed by atoms with E-state index in [1.165, 1.54) is 4.90 Å². The van der Waals surface area contributed by atoms with Gasteiger partial charge in [0, 0.05) is 26.8 Å². The molecule has 2 rings (SSSR count). The molecule has 2 unspecified atom stereocenters. The molecule has 21 heavy (non-hydrogen) atoms. The number of methoxy groups -OCH3 is 1. The Kier molecular flexibility index (Phi) is 4.22. The summed E-state index contributed by atoms with van der Waals surface area (Å²) in [4.78, 5) is 14.7. The fraction of sp³-hybridized carbons (Fsp3) is 0.692. The van der Waals surface area contributed by atoms with E-state index in [-0.39, 0.29) is 5.82 Å². The zero-order valence-corrected chi connectivity index (χ0v) is 12.9. The third-order valence-corrected chi connectivity index (χ3v) is 3.59. The summed E-state index contributed by atoms with van der Waals surface area (Å²) in [6.45, 7) is 5.81. The van der Waals surface area contributed by atoms with Crippen molar-refractivity contribution >= 4 is 11.8 Å². The van der Waals surface area contributed by atoms with Gasteiger partial charge >= 0.3 is 6.03 Å². The van der Waals surface area contributed by atoms with Crippen LogP contribution in [0.4, 0.5) is 10.6 Å². The smallest absolute Gasteiger partial charge is 0.330 e. The van der Waals surface area contributed by atoms with Crippen LogP contribution in [0.25, 0.3) is 0 Å².